The van der Waals surface area contributed by atoms with Crippen LogP contribution >= 0.6 is 0 Å². The molecule has 0 amide bonds. The van der Waals surface area contributed by atoms with E-state index < -0.39 is 0 Å². The largest absolute Gasteiger partial charge is 0.457 e. The van der Waals surface area contributed by atoms with Crippen LogP contribution in [0.1, 0.15) is 0 Å². The molecule has 3 heterocycles. The van der Waals surface area contributed by atoms with Crippen LogP contribution in [0.5, 0.6) is 0 Å². The van der Waals surface area contributed by atoms with Crippen molar-refractivity contribution >= 4 is 274 Å². The van der Waals surface area contributed by atoms with Crippen LogP contribution in [-0.2, 0) is 0 Å². The van der Waals surface area contributed by atoms with Gasteiger partial charge in [0.2, 0.25) is 0 Å². The predicted octanol–water partition coefficient (Wildman–Crippen LogP) is -14.1. The molecule has 0 radical (unpaired) electrons. The Bertz CT molecular complexity index is 4070. The van der Waals surface area contributed by atoms with E-state index >= 15 is 0 Å². The van der Waals surface area contributed by atoms with E-state index in [1.54, 1.807) is 0 Å². The topological polar surface area (TPSA) is 68.2 Å². The van der Waals surface area contributed by atoms with E-state index in [1.807, 2.05) is 42.5 Å². The fourth-order valence-corrected chi connectivity index (χ4v) is 12.0. The Labute approximate surface area is 442 Å². The van der Waals surface area contributed by atoms with Gasteiger partial charge in [0.25, 0.3) is 0 Å². The van der Waals surface area contributed by atoms with Crippen LogP contribution in [0.4, 0.5) is 17.1 Å². The average Bonchev–Trinajstić information content (AvgIpc) is 4.00. The maximum atomic E-state index is 7.05. The second kappa shape index (κ2) is 18.0. The molecule has 0 bridgehead atoms. The lowest BCUT2D eigenvalue weighted by Gasteiger charge is -2.36. The van der Waals surface area contributed by atoms with Gasteiger partial charge in [-0.05, 0) is 23.3 Å². The highest BCUT2D eigenvalue weighted by Gasteiger charge is 2.31. The van der Waals surface area contributed by atoms with Gasteiger partial charge < -0.3 is 13.7 Å². The minimum atomic E-state index is 0.566. The number of rotatable bonds is 7. The van der Waals surface area contributed by atoms with Crippen molar-refractivity contribution in [2.75, 3.05) is 4.90 Å². The summed E-state index contributed by atoms with van der Waals surface area (Å²) in [5.41, 5.74) is 32.1. The average molecular weight is 922 g/mol. The van der Waals surface area contributed by atoms with Crippen molar-refractivity contribution in [1.29, 1.82) is 0 Å². The molecule has 0 aliphatic rings. The van der Waals surface area contributed by atoms with Gasteiger partial charge in [-0.3, -0.25) is 0 Å². The van der Waals surface area contributed by atoms with Crippen molar-refractivity contribution in [2.24, 2.45) is 0 Å². The standard InChI is InChI=1S/C51H48B16N4O2/c52-29-25(30(53)36(59)38(61)35(29)58)26-31(54)40(63)46(41(64)32(26)55)71(45-34(57)28-27-33(56)37(60)39(62)43(66)47(27)73-48(28)44(67)42(45)65)19-15-21(24-20-13-7-8-14-22(20)72-23(24)16-19)51-69-49(17-9-3-1-4-10-17)68-50(70-51)18-11-5-2-6-12-18/h1-16H,52-67H2. The molecule has 11 rings (SSSR count). The Morgan fingerprint density at radius 3 is 1.30 bits per heavy atom. The molecule has 22 heteroatoms. The molecule has 73 heavy (non-hydrogen) atoms. The summed E-state index contributed by atoms with van der Waals surface area (Å²) in [5.74, 6) is 1.77. The first-order valence-electron chi connectivity index (χ1n) is 25.6. The van der Waals surface area contributed by atoms with Crippen LogP contribution in [0.15, 0.2) is 106 Å². The number of anilines is 3. The van der Waals surface area contributed by atoms with Crippen LogP contribution in [0.2, 0.25) is 0 Å². The molecule has 332 valence electrons. The summed E-state index contributed by atoms with van der Waals surface area (Å²) in [6.45, 7) is 0. The molecule has 0 N–H and O–H groups in total. The van der Waals surface area contributed by atoms with Gasteiger partial charge >= 0.3 is 0 Å². The molecule has 11 aromatic rings. The van der Waals surface area contributed by atoms with E-state index in [2.05, 4.69) is 185 Å². The second-order valence-electron chi connectivity index (χ2n) is 20.8. The Morgan fingerprint density at radius 2 is 0.740 bits per heavy atom. The molecule has 0 saturated heterocycles. The van der Waals surface area contributed by atoms with Gasteiger partial charge in [-0.1, -0.05) is 144 Å². The van der Waals surface area contributed by atoms with E-state index in [9.17, 15) is 0 Å². The van der Waals surface area contributed by atoms with E-state index in [-0.39, 0.29) is 0 Å². The Morgan fingerprint density at radius 1 is 0.329 bits per heavy atom. The number of benzene rings is 8. The summed E-state index contributed by atoms with van der Waals surface area (Å²) in [5, 5.41) is 4.29. The van der Waals surface area contributed by atoms with Crippen LogP contribution in [-0.4, -0.2) is 140 Å². The van der Waals surface area contributed by atoms with Crippen molar-refractivity contribution in [3.05, 3.63) is 97.1 Å². The molecule has 0 aliphatic carbocycles. The summed E-state index contributed by atoms with van der Waals surface area (Å²) in [7, 11) is 36.4. The summed E-state index contributed by atoms with van der Waals surface area (Å²) < 4.78 is 14.0. The normalized spacial score (nSPS) is 11.6. The van der Waals surface area contributed by atoms with Crippen LogP contribution in [0.3, 0.4) is 0 Å². The van der Waals surface area contributed by atoms with Crippen molar-refractivity contribution < 1.29 is 8.83 Å². The lowest BCUT2D eigenvalue weighted by molar-refractivity contribution is 0.669. The molecule has 0 unspecified atom stereocenters. The number of para-hydroxylation sites is 1. The van der Waals surface area contributed by atoms with Crippen molar-refractivity contribution in [3.63, 3.8) is 0 Å². The minimum absolute atomic E-state index is 0.566. The van der Waals surface area contributed by atoms with Gasteiger partial charge in [-0.25, -0.2) is 15.0 Å². The zero-order valence-electron chi connectivity index (χ0n) is 45.3. The van der Waals surface area contributed by atoms with Gasteiger partial charge in [0, 0.05) is 55.7 Å². The lowest BCUT2D eigenvalue weighted by atomic mass is 9.56. The third-order valence-electron chi connectivity index (χ3n) is 17.2. The molecule has 3 aromatic heterocycles. The van der Waals surface area contributed by atoms with Gasteiger partial charge in [0.05, 0.1) is 5.69 Å². The second-order valence-corrected chi connectivity index (χ2v) is 20.8. The smallest absolute Gasteiger partial charge is 0.164 e. The minimum Gasteiger partial charge on any atom is -0.457 e. The third kappa shape index (κ3) is 7.36. The van der Waals surface area contributed by atoms with E-state index in [4.69, 9.17) is 23.8 Å². The lowest BCUT2D eigenvalue weighted by Crippen LogP contribution is -2.57. The quantitative estimate of drug-likeness (QED) is 0.148. The van der Waals surface area contributed by atoms with E-state index in [1.165, 1.54) is 87.5 Å². The molecule has 0 fully saturated rings. The van der Waals surface area contributed by atoms with Crippen molar-refractivity contribution in [3.8, 4) is 45.3 Å². The highest BCUT2D eigenvalue weighted by atomic mass is 16.3. The molecule has 0 atom stereocenters. The maximum Gasteiger partial charge on any atom is 0.164 e. The Kier molecular flexibility index (Phi) is 12.0. The summed E-state index contributed by atoms with van der Waals surface area (Å²) in [6.07, 6.45) is 0. The van der Waals surface area contributed by atoms with Crippen molar-refractivity contribution in [2.45, 2.75) is 0 Å². The number of nitrogens with zero attached hydrogens (tertiary/aromatic N) is 4. The zero-order valence-corrected chi connectivity index (χ0v) is 45.3. The fourth-order valence-electron chi connectivity index (χ4n) is 12.0. The molecule has 6 nitrogen and oxygen atoms in total. The highest BCUT2D eigenvalue weighted by Crippen LogP contribution is 2.43. The summed E-state index contributed by atoms with van der Waals surface area (Å²) in [4.78, 5) is 18.4. The molecule has 0 spiro atoms. The first-order valence-corrected chi connectivity index (χ1v) is 25.6. The zero-order chi connectivity index (χ0) is 51.6. The molecule has 0 saturated carbocycles. The monoisotopic (exact) mass is 925 g/mol. The van der Waals surface area contributed by atoms with Crippen LogP contribution in [0.25, 0.3) is 89.2 Å². The molecular formula is C51H48B16N4O2. The van der Waals surface area contributed by atoms with Crippen LogP contribution in [0, 0.1) is 0 Å². The first kappa shape index (κ1) is 48.5. The summed E-state index contributed by atoms with van der Waals surface area (Å²) >= 11 is 0. The third-order valence-corrected chi connectivity index (χ3v) is 17.2. The maximum absolute atomic E-state index is 7.05. The first-order chi connectivity index (χ1) is 34.9. The molecular weight excluding hydrogens is 874 g/mol. The Balaban J connectivity index is 1.30. The fraction of sp³-hybridized carbons (Fsp3) is 0. The van der Waals surface area contributed by atoms with E-state index in [0.29, 0.717) is 17.5 Å². The Hall–Kier alpha value is -6.79. The number of aromatic nitrogens is 3. The number of hydrogen-bond donors (Lipinski definition) is 0. The van der Waals surface area contributed by atoms with Crippen LogP contribution < -0.4 is 92.3 Å². The number of furan rings is 2. The number of fused-ring (bicyclic) bond motifs is 6. The van der Waals surface area contributed by atoms with Crippen molar-refractivity contribution in [1.82, 2.24) is 15.0 Å². The number of hydrogen-bond acceptors (Lipinski definition) is 6. The van der Waals surface area contributed by atoms with Gasteiger partial charge in [-0.2, -0.15) is 0 Å². The SMILES string of the molecule is Bc1c(B)c(B)c(-c2c(B)c(B)c(N(c3cc(-c4nc(-c5ccccc5)nc(-c5ccccc5)n4)c4c(c3)oc3ccccc34)c3c(B)c(B)c4oc5c(B)c(B)c(B)c(B)c5c4c3B)c(B)c2B)c(B)c1B. The van der Waals surface area contributed by atoms with Gasteiger partial charge in [0.15, 0.2) is 17.5 Å². The highest BCUT2D eigenvalue weighted by molar-refractivity contribution is 6.72. The van der Waals surface area contributed by atoms with Gasteiger partial charge in [-0.15, -0.1) is 21.9 Å². The van der Waals surface area contributed by atoms with Gasteiger partial charge in [0.1, 0.15) is 148 Å². The molecule has 0 aliphatic heterocycles. The molecule has 8 aromatic carbocycles. The summed E-state index contributed by atoms with van der Waals surface area (Å²) in [6, 6.07) is 33.3. The predicted molar refractivity (Wildman–Crippen MR) is 362 cm³/mol. The van der Waals surface area contributed by atoms with E-state index in [0.717, 1.165) is 88.6 Å².